The van der Waals surface area contributed by atoms with E-state index in [1.54, 1.807) is 11.8 Å². The predicted molar refractivity (Wildman–Crippen MR) is 98.1 cm³/mol. The monoisotopic (exact) mass is 357 g/mol. The molecule has 7 heteroatoms. The molecule has 0 radical (unpaired) electrons. The molecule has 0 bridgehead atoms. The van der Waals surface area contributed by atoms with Crippen molar-refractivity contribution in [2.45, 2.75) is 30.7 Å². The summed E-state index contributed by atoms with van der Waals surface area (Å²) in [5.74, 6) is -0.171. The average Bonchev–Trinajstić information content (AvgIpc) is 2.96. The fourth-order valence-electron chi connectivity index (χ4n) is 1.87. The van der Waals surface area contributed by atoms with E-state index in [1.807, 2.05) is 30.7 Å². The highest BCUT2D eigenvalue weighted by atomic mass is 35.5. The molecule has 1 heterocycles. The van der Waals surface area contributed by atoms with Gasteiger partial charge in [0.1, 0.15) is 0 Å². The van der Waals surface area contributed by atoms with Gasteiger partial charge in [0.05, 0.1) is 11.7 Å². The predicted octanol–water partition coefficient (Wildman–Crippen LogP) is 4.02. The van der Waals surface area contributed by atoms with Gasteiger partial charge in [-0.25, -0.2) is 4.98 Å². The SMILES string of the molecule is CCCC(N)C(=O)Nc1nc(-c2ccc(SC)cc2)cs1.Cl. The molecule has 1 amide bonds. The number of carbonyl (C=O) groups is 1. The van der Waals surface area contributed by atoms with Crippen LogP contribution >= 0.6 is 35.5 Å². The molecule has 3 N–H and O–H groups in total. The summed E-state index contributed by atoms with van der Waals surface area (Å²) in [6.07, 6.45) is 3.62. The Morgan fingerprint density at radius 1 is 1.41 bits per heavy atom. The van der Waals surface area contributed by atoms with Gasteiger partial charge < -0.3 is 11.1 Å². The fraction of sp³-hybridized carbons (Fsp3) is 0.333. The first-order valence-corrected chi connectivity index (χ1v) is 8.91. The molecule has 0 aliphatic carbocycles. The van der Waals surface area contributed by atoms with E-state index in [9.17, 15) is 4.79 Å². The third kappa shape index (κ3) is 4.98. The van der Waals surface area contributed by atoms with E-state index in [4.69, 9.17) is 5.73 Å². The van der Waals surface area contributed by atoms with Crippen LogP contribution in [0.1, 0.15) is 19.8 Å². The Morgan fingerprint density at radius 3 is 2.68 bits per heavy atom. The first-order valence-electron chi connectivity index (χ1n) is 6.80. The second-order valence-electron chi connectivity index (χ2n) is 4.65. The van der Waals surface area contributed by atoms with Crippen LogP contribution in [-0.4, -0.2) is 23.2 Å². The molecule has 120 valence electrons. The number of halogens is 1. The summed E-state index contributed by atoms with van der Waals surface area (Å²) >= 11 is 3.12. The van der Waals surface area contributed by atoms with Gasteiger partial charge in [0.15, 0.2) is 5.13 Å². The highest BCUT2D eigenvalue weighted by Gasteiger charge is 2.14. The van der Waals surface area contributed by atoms with Crippen LogP contribution < -0.4 is 11.1 Å². The zero-order chi connectivity index (χ0) is 15.2. The Hall–Kier alpha value is -1.08. The minimum atomic E-state index is -0.469. The van der Waals surface area contributed by atoms with Crippen LogP contribution in [0, 0.1) is 0 Å². The number of nitrogens with one attached hydrogen (secondary N) is 1. The van der Waals surface area contributed by atoms with Gasteiger partial charge in [0, 0.05) is 15.8 Å². The molecular weight excluding hydrogens is 338 g/mol. The molecule has 4 nitrogen and oxygen atoms in total. The van der Waals surface area contributed by atoms with Crippen molar-refractivity contribution in [1.29, 1.82) is 0 Å². The van der Waals surface area contributed by atoms with Crippen molar-refractivity contribution in [2.24, 2.45) is 5.73 Å². The second kappa shape index (κ2) is 9.15. The molecule has 0 aliphatic heterocycles. The van der Waals surface area contributed by atoms with E-state index in [2.05, 4.69) is 22.4 Å². The molecule has 2 aromatic rings. The molecule has 0 aliphatic rings. The summed E-state index contributed by atoms with van der Waals surface area (Å²) in [7, 11) is 0. The number of thiazole rings is 1. The van der Waals surface area contributed by atoms with Gasteiger partial charge in [0.2, 0.25) is 5.91 Å². The molecule has 0 saturated heterocycles. The van der Waals surface area contributed by atoms with Crippen molar-refractivity contribution >= 4 is 46.5 Å². The molecule has 1 unspecified atom stereocenters. The van der Waals surface area contributed by atoms with E-state index >= 15 is 0 Å². The van der Waals surface area contributed by atoms with Crippen LogP contribution in [0.15, 0.2) is 34.5 Å². The van der Waals surface area contributed by atoms with Crippen molar-refractivity contribution in [3.05, 3.63) is 29.6 Å². The van der Waals surface area contributed by atoms with Gasteiger partial charge in [-0.2, -0.15) is 0 Å². The van der Waals surface area contributed by atoms with Crippen LogP contribution in [0.5, 0.6) is 0 Å². The number of nitrogens with two attached hydrogens (primary N) is 1. The first-order chi connectivity index (χ1) is 10.1. The van der Waals surface area contributed by atoms with E-state index in [-0.39, 0.29) is 18.3 Å². The lowest BCUT2D eigenvalue weighted by Crippen LogP contribution is -2.35. The van der Waals surface area contributed by atoms with Crippen molar-refractivity contribution in [2.75, 3.05) is 11.6 Å². The quantitative estimate of drug-likeness (QED) is 0.766. The van der Waals surface area contributed by atoms with Crippen LogP contribution in [0.2, 0.25) is 0 Å². The summed E-state index contributed by atoms with van der Waals surface area (Å²) < 4.78 is 0. The number of carbonyl (C=O) groups excluding carboxylic acids is 1. The normalized spacial score (nSPS) is 11.6. The molecule has 1 aromatic heterocycles. The zero-order valence-electron chi connectivity index (χ0n) is 12.5. The van der Waals surface area contributed by atoms with Crippen LogP contribution in [-0.2, 0) is 4.79 Å². The lowest BCUT2D eigenvalue weighted by Gasteiger charge is -2.08. The topological polar surface area (TPSA) is 68.0 Å². The Morgan fingerprint density at radius 2 is 2.09 bits per heavy atom. The minimum Gasteiger partial charge on any atom is -0.320 e. The van der Waals surface area contributed by atoms with Gasteiger partial charge in [0.25, 0.3) is 0 Å². The van der Waals surface area contributed by atoms with Crippen molar-refractivity contribution < 1.29 is 4.79 Å². The maximum Gasteiger partial charge on any atom is 0.243 e. The number of amides is 1. The highest BCUT2D eigenvalue weighted by molar-refractivity contribution is 7.98. The number of hydrogen-bond donors (Lipinski definition) is 2. The number of rotatable bonds is 6. The van der Waals surface area contributed by atoms with E-state index in [0.29, 0.717) is 11.6 Å². The maximum atomic E-state index is 11.9. The Labute approximate surface area is 145 Å². The summed E-state index contributed by atoms with van der Waals surface area (Å²) in [4.78, 5) is 17.5. The molecule has 1 aromatic carbocycles. The van der Waals surface area contributed by atoms with E-state index in [0.717, 1.165) is 17.7 Å². The fourth-order valence-corrected chi connectivity index (χ4v) is 3.00. The van der Waals surface area contributed by atoms with E-state index < -0.39 is 6.04 Å². The van der Waals surface area contributed by atoms with E-state index in [1.165, 1.54) is 16.2 Å². The minimum absolute atomic E-state index is 0. The third-order valence-electron chi connectivity index (χ3n) is 3.06. The van der Waals surface area contributed by atoms with Crippen LogP contribution in [0.3, 0.4) is 0 Å². The van der Waals surface area contributed by atoms with Crippen molar-refractivity contribution in [1.82, 2.24) is 4.98 Å². The molecule has 0 saturated carbocycles. The first kappa shape index (κ1) is 19.0. The average molecular weight is 358 g/mol. The summed E-state index contributed by atoms with van der Waals surface area (Å²) in [6, 6.07) is 7.73. The van der Waals surface area contributed by atoms with Gasteiger partial charge >= 0.3 is 0 Å². The van der Waals surface area contributed by atoms with Gasteiger partial charge in [-0.1, -0.05) is 25.5 Å². The van der Waals surface area contributed by atoms with Crippen molar-refractivity contribution in [3.63, 3.8) is 0 Å². The molecular formula is C15H20ClN3OS2. The molecule has 22 heavy (non-hydrogen) atoms. The Balaban J connectivity index is 0.00000242. The zero-order valence-corrected chi connectivity index (χ0v) is 15.0. The molecule has 2 rings (SSSR count). The summed E-state index contributed by atoms with van der Waals surface area (Å²) in [5, 5.41) is 5.31. The molecule has 0 spiro atoms. The third-order valence-corrected chi connectivity index (χ3v) is 4.56. The van der Waals surface area contributed by atoms with Gasteiger partial charge in [-0.3, -0.25) is 4.79 Å². The molecule has 0 fully saturated rings. The number of benzene rings is 1. The van der Waals surface area contributed by atoms with Gasteiger partial charge in [-0.05, 0) is 24.8 Å². The maximum absolute atomic E-state index is 11.9. The second-order valence-corrected chi connectivity index (χ2v) is 6.39. The Bertz CT molecular complexity index is 601. The summed E-state index contributed by atoms with van der Waals surface area (Å²) in [5.41, 5.74) is 7.70. The number of hydrogen-bond acceptors (Lipinski definition) is 5. The smallest absolute Gasteiger partial charge is 0.243 e. The van der Waals surface area contributed by atoms with Crippen LogP contribution in [0.25, 0.3) is 11.3 Å². The number of anilines is 1. The number of aromatic nitrogens is 1. The lowest BCUT2D eigenvalue weighted by atomic mass is 10.2. The number of thioether (sulfide) groups is 1. The van der Waals surface area contributed by atoms with Gasteiger partial charge in [-0.15, -0.1) is 35.5 Å². The Kier molecular flexibility index (Phi) is 7.89. The number of nitrogens with zero attached hydrogens (tertiary/aromatic N) is 1. The largest absolute Gasteiger partial charge is 0.320 e. The standard InChI is InChI=1S/C15H19N3OS2.ClH/c1-3-4-12(16)14(19)18-15-17-13(9-21-15)10-5-7-11(20-2)8-6-10;/h5-9,12H,3-4,16H2,1-2H3,(H,17,18,19);1H. The van der Waals surface area contributed by atoms with Crippen LogP contribution in [0.4, 0.5) is 5.13 Å². The lowest BCUT2D eigenvalue weighted by molar-refractivity contribution is -0.117. The highest BCUT2D eigenvalue weighted by Crippen LogP contribution is 2.26. The van der Waals surface area contributed by atoms with Crippen molar-refractivity contribution in [3.8, 4) is 11.3 Å². The summed E-state index contributed by atoms with van der Waals surface area (Å²) in [6.45, 7) is 2.01. The molecule has 1 atom stereocenters.